The smallest absolute Gasteiger partial charge is 0.140 e. The molecule has 0 aromatic heterocycles. The molecule has 0 amide bonds. The predicted octanol–water partition coefficient (Wildman–Crippen LogP) is 3.68. The molecule has 0 unspecified atom stereocenters. The Kier molecular flexibility index (Phi) is 3.38. The van der Waals surface area contributed by atoms with Crippen molar-refractivity contribution in [3.8, 4) is 0 Å². The van der Waals surface area contributed by atoms with Crippen LogP contribution in [0.15, 0.2) is 47.7 Å². The SMILES string of the molecule is C[Si](Cl)(Cl)C1=C/C=C\C=C/C=C\1. The van der Waals surface area contributed by atoms with E-state index >= 15 is 0 Å². The molecule has 0 aliphatic heterocycles. The Hall–Kier alpha value is -0.243. The summed E-state index contributed by atoms with van der Waals surface area (Å²) in [5, 5.41) is 1.03. The molecule has 0 aromatic rings. The van der Waals surface area contributed by atoms with Crippen molar-refractivity contribution in [1.29, 1.82) is 0 Å². The first-order chi connectivity index (χ1) is 5.61. The van der Waals surface area contributed by atoms with Gasteiger partial charge in [-0.1, -0.05) is 42.5 Å². The standard InChI is InChI=1S/C9H10Cl2Si/c1-12(10,11)9-7-5-3-2-4-6-8-9/h2-8H,1H3/b3-2-,4-2?,5-3?,6-4-,7-5-,8-6?,9-7?,9-8+. The summed E-state index contributed by atoms with van der Waals surface area (Å²) in [5.41, 5.74) is 0. The Balaban J connectivity index is 2.90. The highest BCUT2D eigenvalue weighted by atomic mass is 35.7. The molecule has 0 nitrogen and oxygen atoms in total. The van der Waals surface area contributed by atoms with Crippen LogP contribution in [0.5, 0.6) is 0 Å². The van der Waals surface area contributed by atoms with E-state index in [0.717, 1.165) is 5.20 Å². The van der Waals surface area contributed by atoms with Gasteiger partial charge in [-0.05, 0) is 11.7 Å². The Bertz CT molecular complexity index is 267. The summed E-state index contributed by atoms with van der Waals surface area (Å²) in [5.74, 6) is 0. The van der Waals surface area contributed by atoms with Crippen molar-refractivity contribution >= 4 is 28.9 Å². The molecule has 3 heteroatoms. The van der Waals surface area contributed by atoms with Crippen LogP contribution in [0, 0.1) is 0 Å². The maximum Gasteiger partial charge on any atom is 0.277 e. The van der Waals surface area contributed by atoms with Crippen LogP contribution >= 0.6 is 22.2 Å². The number of allylic oxidation sites excluding steroid dienone is 8. The summed E-state index contributed by atoms with van der Waals surface area (Å²) in [6.07, 6.45) is 13.7. The number of hydrogen-bond donors (Lipinski definition) is 0. The Morgan fingerprint density at radius 2 is 1.58 bits per heavy atom. The first-order valence-electron chi connectivity index (χ1n) is 3.71. The number of rotatable bonds is 1. The second kappa shape index (κ2) is 4.12. The third-order valence-electron chi connectivity index (χ3n) is 1.50. The van der Waals surface area contributed by atoms with E-state index < -0.39 is 6.69 Å². The average molecular weight is 217 g/mol. The summed E-state index contributed by atoms with van der Waals surface area (Å²) in [7, 11) is 0. The van der Waals surface area contributed by atoms with Gasteiger partial charge in [0.05, 0.1) is 0 Å². The summed E-state index contributed by atoms with van der Waals surface area (Å²) in [6.45, 7) is -0.283. The quantitative estimate of drug-likeness (QED) is 0.464. The molecule has 12 heavy (non-hydrogen) atoms. The normalized spacial score (nSPS) is 29.4. The Morgan fingerprint density at radius 3 is 2.25 bits per heavy atom. The second-order valence-corrected chi connectivity index (χ2v) is 10.1. The molecule has 0 spiro atoms. The summed E-state index contributed by atoms with van der Waals surface area (Å²) < 4.78 is 0. The van der Waals surface area contributed by atoms with Gasteiger partial charge in [0.15, 0.2) is 0 Å². The van der Waals surface area contributed by atoms with Gasteiger partial charge in [0, 0.05) is 0 Å². The number of hydrogen-bond acceptors (Lipinski definition) is 0. The average Bonchev–Trinajstić information content (AvgIpc) is 1.81. The largest absolute Gasteiger partial charge is 0.277 e. The van der Waals surface area contributed by atoms with E-state index in [2.05, 4.69) is 0 Å². The highest BCUT2D eigenvalue weighted by Gasteiger charge is 2.24. The van der Waals surface area contributed by atoms with Crippen LogP contribution in [0.25, 0.3) is 0 Å². The van der Waals surface area contributed by atoms with Gasteiger partial charge >= 0.3 is 0 Å². The lowest BCUT2D eigenvalue weighted by Crippen LogP contribution is -2.15. The monoisotopic (exact) mass is 216 g/mol. The lowest BCUT2D eigenvalue weighted by atomic mass is 10.3. The molecule has 0 heterocycles. The Labute approximate surface area is 83.3 Å². The molecular formula is C9H10Cl2Si. The third-order valence-corrected chi connectivity index (χ3v) is 4.16. The summed E-state index contributed by atoms with van der Waals surface area (Å²) in [4.78, 5) is 0. The highest BCUT2D eigenvalue weighted by molar-refractivity contribution is 7.48. The fourth-order valence-electron chi connectivity index (χ4n) is 0.859. The second-order valence-electron chi connectivity index (χ2n) is 2.64. The first kappa shape index (κ1) is 9.84. The molecule has 0 aromatic carbocycles. The van der Waals surface area contributed by atoms with Crippen LogP contribution in [0.3, 0.4) is 0 Å². The van der Waals surface area contributed by atoms with Gasteiger partial charge in [0.25, 0.3) is 6.69 Å². The molecular weight excluding hydrogens is 207 g/mol. The topological polar surface area (TPSA) is 0 Å². The summed E-state index contributed by atoms with van der Waals surface area (Å²) >= 11 is 12.1. The maximum absolute atomic E-state index is 6.06. The van der Waals surface area contributed by atoms with E-state index in [1.165, 1.54) is 0 Å². The first-order valence-corrected chi connectivity index (χ1v) is 8.23. The third kappa shape index (κ3) is 3.01. The van der Waals surface area contributed by atoms with Crippen LogP contribution in [0.4, 0.5) is 0 Å². The van der Waals surface area contributed by atoms with Crippen molar-refractivity contribution in [1.82, 2.24) is 0 Å². The van der Waals surface area contributed by atoms with Crippen molar-refractivity contribution in [2.45, 2.75) is 6.55 Å². The lowest BCUT2D eigenvalue weighted by Gasteiger charge is -2.11. The molecule has 0 atom stereocenters. The van der Waals surface area contributed by atoms with Crippen LogP contribution in [-0.2, 0) is 0 Å². The van der Waals surface area contributed by atoms with Gasteiger partial charge in [-0.2, -0.15) is 0 Å². The minimum absolute atomic E-state index is 1.03. The van der Waals surface area contributed by atoms with Crippen molar-refractivity contribution in [2.24, 2.45) is 0 Å². The molecule has 1 aliphatic carbocycles. The molecule has 1 rings (SSSR count). The zero-order valence-electron chi connectivity index (χ0n) is 6.80. The zero-order chi connectivity index (χ0) is 9.03. The van der Waals surface area contributed by atoms with Crippen molar-refractivity contribution in [2.75, 3.05) is 0 Å². The maximum atomic E-state index is 6.06. The van der Waals surface area contributed by atoms with Gasteiger partial charge in [-0.25, -0.2) is 0 Å². The fraction of sp³-hybridized carbons (Fsp3) is 0.111. The van der Waals surface area contributed by atoms with Crippen LogP contribution in [0.2, 0.25) is 6.55 Å². The highest BCUT2D eigenvalue weighted by Crippen LogP contribution is 2.25. The van der Waals surface area contributed by atoms with E-state index in [9.17, 15) is 0 Å². The van der Waals surface area contributed by atoms with Gasteiger partial charge in [-0.3, -0.25) is 0 Å². The van der Waals surface area contributed by atoms with E-state index in [1.54, 1.807) is 0 Å². The van der Waals surface area contributed by atoms with Crippen molar-refractivity contribution < 1.29 is 0 Å². The van der Waals surface area contributed by atoms with Gasteiger partial charge < -0.3 is 0 Å². The molecule has 0 fully saturated rings. The molecule has 1 aliphatic rings. The zero-order valence-corrected chi connectivity index (χ0v) is 9.31. The van der Waals surface area contributed by atoms with Gasteiger partial charge in [-0.15, -0.1) is 22.2 Å². The van der Waals surface area contributed by atoms with E-state index in [1.807, 2.05) is 49.1 Å². The van der Waals surface area contributed by atoms with E-state index in [-0.39, 0.29) is 0 Å². The van der Waals surface area contributed by atoms with Crippen LogP contribution < -0.4 is 0 Å². The molecule has 0 saturated heterocycles. The minimum atomic E-state index is -2.18. The Morgan fingerprint density at radius 1 is 1.00 bits per heavy atom. The van der Waals surface area contributed by atoms with Crippen molar-refractivity contribution in [3.05, 3.63) is 47.7 Å². The molecule has 0 radical (unpaired) electrons. The minimum Gasteiger partial charge on any atom is -0.140 e. The predicted molar refractivity (Wildman–Crippen MR) is 58.8 cm³/mol. The molecule has 0 saturated carbocycles. The number of halogens is 2. The van der Waals surface area contributed by atoms with Crippen LogP contribution in [-0.4, -0.2) is 6.69 Å². The summed E-state index contributed by atoms with van der Waals surface area (Å²) in [6, 6.07) is 0. The molecule has 0 N–H and O–H groups in total. The molecule has 64 valence electrons. The van der Waals surface area contributed by atoms with Gasteiger partial charge in [0.1, 0.15) is 0 Å². The fourth-order valence-corrected chi connectivity index (χ4v) is 2.39. The lowest BCUT2D eigenvalue weighted by molar-refractivity contribution is 1.74. The van der Waals surface area contributed by atoms with Crippen LogP contribution in [0.1, 0.15) is 0 Å². The van der Waals surface area contributed by atoms with Gasteiger partial charge in [0.2, 0.25) is 0 Å². The van der Waals surface area contributed by atoms with E-state index in [0.29, 0.717) is 0 Å². The molecule has 0 bridgehead atoms. The van der Waals surface area contributed by atoms with Crippen molar-refractivity contribution in [3.63, 3.8) is 0 Å². The van der Waals surface area contributed by atoms with E-state index in [4.69, 9.17) is 22.2 Å².